The van der Waals surface area contributed by atoms with Crippen molar-refractivity contribution in [2.45, 2.75) is 88.5 Å². The van der Waals surface area contributed by atoms with Crippen LogP contribution in [0.4, 0.5) is 8.78 Å². The van der Waals surface area contributed by atoms with Gasteiger partial charge < -0.3 is 24.8 Å². The number of hydrogen-bond donors (Lipinski definition) is 3. The van der Waals surface area contributed by atoms with Crippen LogP contribution in [0.15, 0.2) is 42.5 Å². The van der Waals surface area contributed by atoms with E-state index in [1.807, 2.05) is 24.3 Å². The molecule has 1 heterocycles. The molecule has 0 spiro atoms. The number of aliphatic hydroxyl groups is 3. The maximum atomic E-state index is 13.6. The summed E-state index contributed by atoms with van der Waals surface area (Å²) in [5, 5.41) is 30.9. The molecule has 0 unspecified atom stereocenters. The van der Waals surface area contributed by atoms with Crippen molar-refractivity contribution in [2.24, 2.45) is 0 Å². The third-order valence-electron chi connectivity index (χ3n) is 6.67. The molecule has 4 rings (SSSR count). The zero-order chi connectivity index (χ0) is 23.5. The Kier molecular flexibility index (Phi) is 7.64. The predicted octanol–water partition coefficient (Wildman–Crippen LogP) is 4.47. The van der Waals surface area contributed by atoms with Crippen LogP contribution >= 0.6 is 0 Å². The molecular formula is C26H32F2O5. The van der Waals surface area contributed by atoms with Gasteiger partial charge in [0.25, 0.3) is 6.43 Å². The lowest BCUT2D eigenvalue weighted by Crippen LogP contribution is -2.53. The smallest absolute Gasteiger partial charge is 0.263 e. The molecule has 1 saturated carbocycles. The van der Waals surface area contributed by atoms with Gasteiger partial charge in [-0.05, 0) is 79.5 Å². The van der Waals surface area contributed by atoms with Crippen LogP contribution in [0.3, 0.4) is 0 Å². The Balaban J connectivity index is 1.55. The van der Waals surface area contributed by atoms with Crippen molar-refractivity contribution in [3.63, 3.8) is 0 Å². The van der Waals surface area contributed by atoms with Crippen molar-refractivity contribution in [3.8, 4) is 5.75 Å². The topological polar surface area (TPSA) is 79.2 Å². The first-order chi connectivity index (χ1) is 15.9. The fourth-order valence-corrected chi connectivity index (χ4v) is 4.82. The second-order valence-electron chi connectivity index (χ2n) is 9.13. The summed E-state index contributed by atoms with van der Waals surface area (Å²) < 4.78 is 39.1. The molecule has 2 fully saturated rings. The number of ether oxygens (including phenoxy) is 2. The molecule has 1 aliphatic carbocycles. The minimum atomic E-state index is -2.69. The van der Waals surface area contributed by atoms with Crippen molar-refractivity contribution in [1.29, 1.82) is 0 Å². The number of rotatable bonds is 7. The fourth-order valence-electron chi connectivity index (χ4n) is 4.82. The van der Waals surface area contributed by atoms with Crippen molar-refractivity contribution in [1.82, 2.24) is 0 Å². The molecule has 0 aromatic heterocycles. The Morgan fingerprint density at radius 3 is 2.27 bits per heavy atom. The van der Waals surface area contributed by atoms with Crippen LogP contribution in [-0.2, 0) is 11.2 Å². The normalized spacial score (nSPS) is 28.4. The maximum Gasteiger partial charge on any atom is 0.263 e. The van der Waals surface area contributed by atoms with Gasteiger partial charge in [-0.3, -0.25) is 0 Å². The summed E-state index contributed by atoms with van der Waals surface area (Å²) in [6.07, 6.45) is -2.82. The highest BCUT2D eigenvalue weighted by molar-refractivity contribution is 5.37. The summed E-state index contributed by atoms with van der Waals surface area (Å²) in [5.74, 6) is 0.810. The minimum absolute atomic E-state index is 0.173. The number of benzene rings is 2. The summed E-state index contributed by atoms with van der Waals surface area (Å²) in [7, 11) is 0. The molecule has 7 heteroatoms. The highest BCUT2D eigenvalue weighted by Gasteiger charge is 2.43. The van der Waals surface area contributed by atoms with Gasteiger partial charge in [-0.2, -0.15) is 0 Å². The molecule has 5 nitrogen and oxygen atoms in total. The van der Waals surface area contributed by atoms with Crippen molar-refractivity contribution >= 4 is 0 Å². The lowest BCUT2D eigenvalue weighted by molar-refractivity contribution is -0.225. The molecule has 3 N–H and O–H groups in total. The van der Waals surface area contributed by atoms with Crippen molar-refractivity contribution in [2.75, 3.05) is 0 Å². The van der Waals surface area contributed by atoms with Gasteiger partial charge in [-0.15, -0.1) is 0 Å². The number of hydrogen-bond acceptors (Lipinski definition) is 5. The van der Waals surface area contributed by atoms with Gasteiger partial charge in [0.15, 0.2) is 0 Å². The summed E-state index contributed by atoms with van der Waals surface area (Å²) >= 11 is 0. The second kappa shape index (κ2) is 10.5. The van der Waals surface area contributed by atoms with Crippen LogP contribution < -0.4 is 4.74 Å². The SMILES string of the molecule is CC[C@H]1O[C@@H](c2cc(Cc3ccc(OC4CCCC4)cc3)cc(C(F)F)c2)[C@H](O)[C@@H](O)[C@@H]1O. The van der Waals surface area contributed by atoms with Crippen LogP contribution in [0.5, 0.6) is 5.75 Å². The molecule has 2 aromatic carbocycles. The Morgan fingerprint density at radius 1 is 0.939 bits per heavy atom. The van der Waals surface area contributed by atoms with E-state index in [4.69, 9.17) is 9.47 Å². The number of alkyl halides is 2. The summed E-state index contributed by atoms with van der Waals surface area (Å²) in [5.41, 5.74) is 1.78. The quantitative estimate of drug-likeness (QED) is 0.566. The molecule has 0 radical (unpaired) electrons. The second-order valence-corrected chi connectivity index (χ2v) is 9.13. The number of aliphatic hydroxyl groups excluding tert-OH is 3. The monoisotopic (exact) mass is 462 g/mol. The Bertz CT molecular complexity index is 911. The van der Waals surface area contributed by atoms with Crippen LogP contribution in [0.2, 0.25) is 0 Å². The van der Waals surface area contributed by atoms with E-state index >= 15 is 0 Å². The van der Waals surface area contributed by atoms with Gasteiger partial charge in [0.1, 0.15) is 30.2 Å². The van der Waals surface area contributed by atoms with Crippen LogP contribution in [-0.4, -0.2) is 45.8 Å². The van der Waals surface area contributed by atoms with Crippen LogP contribution in [0.1, 0.15) is 73.8 Å². The molecule has 5 atom stereocenters. The van der Waals surface area contributed by atoms with E-state index in [0.29, 0.717) is 24.0 Å². The van der Waals surface area contributed by atoms with Crippen molar-refractivity contribution < 1.29 is 33.6 Å². The molecule has 0 amide bonds. The summed E-state index contributed by atoms with van der Waals surface area (Å²) in [4.78, 5) is 0. The van der Waals surface area contributed by atoms with Gasteiger partial charge in [0.2, 0.25) is 0 Å². The Labute approximate surface area is 193 Å². The third-order valence-corrected chi connectivity index (χ3v) is 6.67. The van der Waals surface area contributed by atoms with E-state index in [0.717, 1.165) is 24.2 Å². The summed E-state index contributed by atoms with van der Waals surface area (Å²) in [6, 6.07) is 12.1. The first-order valence-electron chi connectivity index (χ1n) is 11.7. The zero-order valence-corrected chi connectivity index (χ0v) is 18.7. The fraction of sp³-hybridized carbons (Fsp3) is 0.538. The Morgan fingerprint density at radius 2 is 1.64 bits per heavy atom. The largest absolute Gasteiger partial charge is 0.490 e. The van der Waals surface area contributed by atoms with E-state index < -0.39 is 36.9 Å². The van der Waals surface area contributed by atoms with E-state index in [1.165, 1.54) is 25.0 Å². The van der Waals surface area contributed by atoms with Crippen LogP contribution in [0, 0.1) is 0 Å². The van der Waals surface area contributed by atoms with Gasteiger partial charge in [-0.25, -0.2) is 8.78 Å². The van der Waals surface area contributed by atoms with E-state index in [1.54, 1.807) is 13.0 Å². The molecule has 1 saturated heterocycles. The third kappa shape index (κ3) is 5.54. The molecular weight excluding hydrogens is 430 g/mol. The predicted molar refractivity (Wildman–Crippen MR) is 119 cm³/mol. The highest BCUT2D eigenvalue weighted by Crippen LogP contribution is 2.36. The van der Waals surface area contributed by atoms with Gasteiger partial charge in [0.05, 0.1) is 12.2 Å². The van der Waals surface area contributed by atoms with Gasteiger partial charge in [0, 0.05) is 5.56 Å². The first kappa shape index (κ1) is 24.1. The lowest BCUT2D eigenvalue weighted by Gasteiger charge is -2.40. The number of halogens is 2. The van der Waals surface area contributed by atoms with Gasteiger partial charge >= 0.3 is 0 Å². The van der Waals surface area contributed by atoms with Gasteiger partial charge in [-0.1, -0.05) is 25.1 Å². The molecule has 2 aliphatic rings. The molecule has 1 aliphatic heterocycles. The molecule has 33 heavy (non-hydrogen) atoms. The maximum absolute atomic E-state index is 13.6. The first-order valence-corrected chi connectivity index (χ1v) is 11.7. The standard InChI is InChI=1S/C26H32F2O5/c1-2-21-22(29)23(30)24(31)25(33-21)17-12-16(13-18(14-17)26(27)28)11-15-7-9-20(10-8-15)32-19-5-3-4-6-19/h7-10,12-14,19,21-26,29-31H,2-6,11H2,1H3/t21-,22-,23+,24-,25+/m1/s1. The molecule has 0 bridgehead atoms. The highest BCUT2D eigenvalue weighted by atomic mass is 19.3. The van der Waals surface area contributed by atoms with Crippen molar-refractivity contribution in [3.05, 3.63) is 64.7 Å². The molecule has 180 valence electrons. The van der Waals surface area contributed by atoms with E-state index in [2.05, 4.69) is 0 Å². The van der Waals surface area contributed by atoms with E-state index in [-0.39, 0.29) is 11.7 Å². The average Bonchev–Trinajstić information content (AvgIpc) is 3.32. The molecule has 2 aromatic rings. The lowest BCUT2D eigenvalue weighted by atomic mass is 9.88. The summed E-state index contributed by atoms with van der Waals surface area (Å²) in [6.45, 7) is 1.79. The minimum Gasteiger partial charge on any atom is -0.490 e. The average molecular weight is 463 g/mol. The van der Waals surface area contributed by atoms with E-state index in [9.17, 15) is 24.1 Å². The zero-order valence-electron chi connectivity index (χ0n) is 18.7. The Hall–Kier alpha value is -2.06. The van der Waals surface area contributed by atoms with Crippen LogP contribution in [0.25, 0.3) is 0 Å².